The van der Waals surface area contributed by atoms with Crippen molar-refractivity contribution in [1.82, 2.24) is 9.78 Å². The third-order valence-electron chi connectivity index (χ3n) is 3.71. The largest absolute Gasteiger partial charge is 0.359 e. The molecule has 9 heteroatoms. The van der Waals surface area contributed by atoms with E-state index < -0.39 is 4.92 Å². The van der Waals surface area contributed by atoms with Gasteiger partial charge in [-0.05, 0) is 6.07 Å². The molecule has 0 radical (unpaired) electrons. The molecule has 1 aliphatic rings. The van der Waals surface area contributed by atoms with Crippen molar-refractivity contribution < 1.29 is 9.72 Å². The number of hydrogen-bond acceptors (Lipinski definition) is 5. The van der Waals surface area contributed by atoms with Crippen LogP contribution in [0, 0.1) is 10.1 Å². The van der Waals surface area contributed by atoms with Gasteiger partial charge in [-0.25, -0.2) is 0 Å². The van der Waals surface area contributed by atoms with E-state index in [4.69, 9.17) is 11.6 Å². The van der Waals surface area contributed by atoms with Gasteiger partial charge in [0.1, 0.15) is 0 Å². The van der Waals surface area contributed by atoms with E-state index in [0.717, 1.165) is 5.69 Å². The van der Waals surface area contributed by atoms with E-state index in [9.17, 15) is 14.9 Å². The molecule has 1 amide bonds. The summed E-state index contributed by atoms with van der Waals surface area (Å²) in [7, 11) is 1.79. The lowest BCUT2D eigenvalue weighted by Gasteiger charge is -2.35. The van der Waals surface area contributed by atoms with E-state index in [-0.39, 0.29) is 23.2 Å². The number of benzene rings is 1. The molecule has 1 saturated heterocycles. The standard InChI is InChI=1S/C14H14ClN5O3/c1-17-8-11(7-16-17)19-5-4-18(9-14(19)21)13-3-2-10(20(22)23)6-12(13)15/h2-3,6-8H,4-5,9H2,1H3. The summed E-state index contributed by atoms with van der Waals surface area (Å²) in [4.78, 5) is 26.1. The van der Waals surface area contributed by atoms with Crippen molar-refractivity contribution in [3.05, 3.63) is 45.7 Å². The zero-order chi connectivity index (χ0) is 16.6. The quantitative estimate of drug-likeness (QED) is 0.631. The first kappa shape index (κ1) is 15.3. The maximum atomic E-state index is 12.4. The van der Waals surface area contributed by atoms with Crippen LogP contribution in [0.5, 0.6) is 0 Å². The fourth-order valence-electron chi connectivity index (χ4n) is 2.57. The van der Waals surface area contributed by atoms with Crippen molar-refractivity contribution in [3.63, 3.8) is 0 Å². The minimum Gasteiger partial charge on any atom is -0.359 e. The Morgan fingerprint density at radius 3 is 2.70 bits per heavy atom. The van der Waals surface area contributed by atoms with Gasteiger partial charge in [-0.2, -0.15) is 5.10 Å². The van der Waals surface area contributed by atoms with Crippen LogP contribution in [0.3, 0.4) is 0 Å². The summed E-state index contributed by atoms with van der Waals surface area (Å²) in [6, 6.07) is 4.27. The molecule has 2 heterocycles. The van der Waals surface area contributed by atoms with Crippen molar-refractivity contribution in [1.29, 1.82) is 0 Å². The Kier molecular flexibility index (Phi) is 3.91. The molecule has 0 unspecified atom stereocenters. The lowest BCUT2D eigenvalue weighted by atomic mass is 10.2. The molecule has 0 saturated carbocycles. The number of carbonyl (C=O) groups excluding carboxylic acids is 1. The first-order valence-electron chi connectivity index (χ1n) is 6.93. The number of anilines is 2. The number of nitrogens with zero attached hydrogens (tertiary/aromatic N) is 5. The summed E-state index contributed by atoms with van der Waals surface area (Å²) in [6.45, 7) is 1.24. The normalized spacial score (nSPS) is 15.1. The maximum absolute atomic E-state index is 12.4. The van der Waals surface area contributed by atoms with E-state index in [1.54, 1.807) is 35.1 Å². The van der Waals surface area contributed by atoms with Gasteiger partial charge < -0.3 is 9.80 Å². The van der Waals surface area contributed by atoms with E-state index in [2.05, 4.69) is 5.10 Å². The van der Waals surface area contributed by atoms with E-state index in [1.165, 1.54) is 12.1 Å². The Bertz CT molecular complexity index is 776. The van der Waals surface area contributed by atoms with Crippen LogP contribution in [-0.4, -0.2) is 40.2 Å². The number of piperazine rings is 1. The van der Waals surface area contributed by atoms with Crippen LogP contribution in [0.4, 0.5) is 17.1 Å². The first-order valence-corrected chi connectivity index (χ1v) is 7.31. The molecule has 1 aromatic heterocycles. The fraction of sp³-hybridized carbons (Fsp3) is 0.286. The second kappa shape index (κ2) is 5.88. The predicted octanol–water partition coefficient (Wildman–Crippen LogP) is 1.83. The van der Waals surface area contributed by atoms with Crippen LogP contribution in [0.1, 0.15) is 0 Å². The van der Waals surface area contributed by atoms with Gasteiger partial charge in [0.15, 0.2) is 0 Å². The number of nitro benzene ring substituents is 1. The summed E-state index contributed by atoms with van der Waals surface area (Å²) in [5.41, 5.74) is 1.31. The predicted molar refractivity (Wildman–Crippen MR) is 85.9 cm³/mol. The zero-order valence-corrected chi connectivity index (χ0v) is 13.1. The lowest BCUT2D eigenvalue weighted by molar-refractivity contribution is -0.384. The van der Waals surface area contributed by atoms with Gasteiger partial charge in [0.2, 0.25) is 5.91 Å². The number of amides is 1. The number of non-ortho nitro benzene ring substituents is 1. The lowest BCUT2D eigenvalue weighted by Crippen LogP contribution is -2.50. The fourth-order valence-corrected chi connectivity index (χ4v) is 2.86. The Morgan fingerprint density at radius 2 is 2.13 bits per heavy atom. The number of hydrogen-bond donors (Lipinski definition) is 0. The first-order chi connectivity index (χ1) is 11.0. The van der Waals surface area contributed by atoms with Gasteiger partial charge in [-0.3, -0.25) is 19.6 Å². The van der Waals surface area contributed by atoms with Crippen LogP contribution in [0.25, 0.3) is 0 Å². The SMILES string of the molecule is Cn1cc(N2CCN(c3ccc([N+](=O)[O-])cc3Cl)CC2=O)cn1. The van der Waals surface area contributed by atoms with Crippen molar-refractivity contribution in [2.75, 3.05) is 29.4 Å². The second-order valence-corrected chi connectivity index (χ2v) is 5.64. The van der Waals surface area contributed by atoms with Gasteiger partial charge in [0.05, 0.1) is 34.1 Å². The van der Waals surface area contributed by atoms with Gasteiger partial charge >= 0.3 is 0 Å². The molecule has 0 bridgehead atoms. The number of halogens is 1. The van der Waals surface area contributed by atoms with Crippen molar-refractivity contribution in [2.45, 2.75) is 0 Å². The molecule has 0 N–H and O–H groups in total. The zero-order valence-electron chi connectivity index (χ0n) is 12.3. The minimum absolute atomic E-state index is 0.0703. The molecule has 1 aliphatic heterocycles. The summed E-state index contributed by atoms with van der Waals surface area (Å²) in [6.07, 6.45) is 3.43. The Morgan fingerprint density at radius 1 is 1.35 bits per heavy atom. The summed E-state index contributed by atoms with van der Waals surface area (Å²) >= 11 is 6.13. The van der Waals surface area contributed by atoms with Gasteiger partial charge in [-0.1, -0.05) is 11.6 Å². The van der Waals surface area contributed by atoms with Crippen LogP contribution in [-0.2, 0) is 11.8 Å². The molecule has 120 valence electrons. The monoisotopic (exact) mass is 335 g/mol. The molecular formula is C14H14ClN5O3. The molecule has 0 aliphatic carbocycles. The molecular weight excluding hydrogens is 322 g/mol. The third-order valence-corrected chi connectivity index (χ3v) is 4.01. The number of aromatic nitrogens is 2. The highest BCUT2D eigenvalue weighted by Crippen LogP contribution is 2.31. The molecule has 23 heavy (non-hydrogen) atoms. The highest BCUT2D eigenvalue weighted by atomic mass is 35.5. The van der Waals surface area contributed by atoms with E-state index in [0.29, 0.717) is 18.8 Å². The minimum atomic E-state index is -0.499. The maximum Gasteiger partial charge on any atom is 0.271 e. The average Bonchev–Trinajstić information content (AvgIpc) is 2.93. The average molecular weight is 336 g/mol. The summed E-state index contributed by atoms with van der Waals surface area (Å²) < 4.78 is 1.64. The highest BCUT2D eigenvalue weighted by Gasteiger charge is 2.27. The Balaban J connectivity index is 1.77. The smallest absolute Gasteiger partial charge is 0.271 e. The Hall–Kier alpha value is -2.61. The molecule has 0 atom stereocenters. The van der Waals surface area contributed by atoms with Crippen molar-refractivity contribution >= 4 is 34.6 Å². The van der Waals surface area contributed by atoms with Crippen LogP contribution in [0.2, 0.25) is 5.02 Å². The number of rotatable bonds is 3. The molecule has 3 rings (SSSR count). The van der Waals surface area contributed by atoms with Crippen LogP contribution >= 0.6 is 11.6 Å². The second-order valence-electron chi connectivity index (χ2n) is 5.23. The number of nitro groups is 1. The summed E-state index contributed by atoms with van der Waals surface area (Å²) in [5.74, 6) is -0.0707. The van der Waals surface area contributed by atoms with Gasteiger partial charge in [0, 0.05) is 38.5 Å². The van der Waals surface area contributed by atoms with E-state index in [1.807, 2.05) is 4.90 Å². The number of carbonyl (C=O) groups is 1. The van der Waals surface area contributed by atoms with Crippen molar-refractivity contribution in [3.8, 4) is 0 Å². The molecule has 1 fully saturated rings. The third kappa shape index (κ3) is 2.98. The topological polar surface area (TPSA) is 84.5 Å². The van der Waals surface area contributed by atoms with E-state index >= 15 is 0 Å². The van der Waals surface area contributed by atoms with Crippen LogP contribution in [0.15, 0.2) is 30.6 Å². The number of aryl methyl sites for hydroxylation is 1. The Labute approximate surface area is 137 Å². The molecule has 1 aromatic carbocycles. The molecule has 8 nitrogen and oxygen atoms in total. The van der Waals surface area contributed by atoms with Gasteiger partial charge in [0.25, 0.3) is 5.69 Å². The van der Waals surface area contributed by atoms with Gasteiger partial charge in [-0.15, -0.1) is 0 Å². The van der Waals surface area contributed by atoms with Crippen LogP contribution < -0.4 is 9.80 Å². The molecule has 2 aromatic rings. The van der Waals surface area contributed by atoms with Crippen molar-refractivity contribution in [2.24, 2.45) is 7.05 Å². The highest BCUT2D eigenvalue weighted by molar-refractivity contribution is 6.33. The molecule has 0 spiro atoms. The summed E-state index contributed by atoms with van der Waals surface area (Å²) in [5, 5.41) is 15.1.